The molecule has 0 aromatic carbocycles. The van der Waals surface area contributed by atoms with E-state index in [1.165, 1.54) is 18.3 Å². The van der Waals surface area contributed by atoms with Gasteiger partial charge in [-0.1, -0.05) is 11.6 Å². The lowest BCUT2D eigenvalue weighted by atomic mass is 10.4. The van der Waals surface area contributed by atoms with E-state index in [4.69, 9.17) is 0 Å². The van der Waals surface area contributed by atoms with Crippen LogP contribution in [0.5, 0.6) is 5.75 Å². The molecule has 0 aliphatic heterocycles. The second-order valence-corrected chi connectivity index (χ2v) is 3.39. The number of hydrogen-bond acceptors (Lipinski definition) is 2. The summed E-state index contributed by atoms with van der Waals surface area (Å²) in [5.74, 6) is -0.277. The maximum absolute atomic E-state index is 12.6. The number of ether oxygens (including phenoxy) is 1. The van der Waals surface area contributed by atoms with Gasteiger partial charge in [0, 0.05) is 6.20 Å². The number of nitrogens with zero attached hydrogens (tertiary/aromatic N) is 1. The second-order valence-electron chi connectivity index (χ2n) is 2.26. The topological polar surface area (TPSA) is 22.1 Å². The molecule has 2 nitrogen and oxygen atoms in total. The summed E-state index contributed by atoms with van der Waals surface area (Å²) >= 11 is 7.46. The SMILES string of the molecule is FC(Cl)C(F)(F)Oc1cccnc1Br. The molecule has 0 spiro atoms. The first-order chi connectivity index (χ1) is 6.43. The molecule has 0 radical (unpaired) electrons. The van der Waals surface area contributed by atoms with Gasteiger partial charge >= 0.3 is 6.11 Å². The van der Waals surface area contributed by atoms with Gasteiger partial charge in [-0.3, -0.25) is 0 Å². The van der Waals surface area contributed by atoms with Crippen molar-refractivity contribution in [1.29, 1.82) is 0 Å². The highest BCUT2D eigenvalue weighted by atomic mass is 79.9. The Morgan fingerprint density at radius 1 is 1.57 bits per heavy atom. The van der Waals surface area contributed by atoms with Crippen LogP contribution in [0.2, 0.25) is 0 Å². The Labute approximate surface area is 91.2 Å². The molecule has 1 unspecified atom stereocenters. The zero-order valence-corrected chi connectivity index (χ0v) is 8.90. The zero-order chi connectivity index (χ0) is 10.8. The molecule has 1 aromatic rings. The molecule has 1 aromatic heterocycles. The van der Waals surface area contributed by atoms with Crippen LogP contribution < -0.4 is 4.74 Å². The second kappa shape index (κ2) is 4.35. The maximum atomic E-state index is 12.6. The van der Waals surface area contributed by atoms with Crippen LogP contribution in [-0.4, -0.2) is 16.7 Å². The quantitative estimate of drug-likeness (QED) is 0.629. The van der Waals surface area contributed by atoms with Gasteiger partial charge in [0.2, 0.25) is 0 Å². The molecular weight excluding hydrogens is 286 g/mol. The number of alkyl halides is 4. The summed E-state index contributed by atoms with van der Waals surface area (Å²) in [6, 6.07) is 2.59. The summed E-state index contributed by atoms with van der Waals surface area (Å²) in [7, 11) is 0. The highest BCUT2D eigenvalue weighted by Gasteiger charge is 2.42. The van der Waals surface area contributed by atoms with Crippen LogP contribution >= 0.6 is 27.5 Å². The van der Waals surface area contributed by atoms with Crippen LogP contribution in [-0.2, 0) is 0 Å². The molecule has 0 N–H and O–H groups in total. The summed E-state index contributed by atoms with van der Waals surface area (Å²) in [6.07, 6.45) is -2.71. The third-order valence-electron chi connectivity index (χ3n) is 1.22. The van der Waals surface area contributed by atoms with E-state index in [0.717, 1.165) is 0 Å². The van der Waals surface area contributed by atoms with Crippen LogP contribution in [0.4, 0.5) is 13.2 Å². The number of rotatable bonds is 3. The molecule has 0 aliphatic carbocycles. The Morgan fingerprint density at radius 2 is 2.21 bits per heavy atom. The lowest BCUT2D eigenvalue weighted by Crippen LogP contribution is -2.32. The Balaban J connectivity index is 2.84. The molecule has 1 atom stereocenters. The molecule has 1 heterocycles. The van der Waals surface area contributed by atoms with Crippen molar-refractivity contribution in [3.63, 3.8) is 0 Å². The van der Waals surface area contributed by atoms with Gasteiger partial charge in [0.25, 0.3) is 5.63 Å². The van der Waals surface area contributed by atoms with Gasteiger partial charge in [-0.05, 0) is 28.1 Å². The molecule has 0 bridgehead atoms. The lowest BCUT2D eigenvalue weighted by Gasteiger charge is -2.17. The average molecular weight is 290 g/mol. The van der Waals surface area contributed by atoms with Crippen LogP contribution in [0.3, 0.4) is 0 Å². The molecule has 0 saturated carbocycles. The fourth-order valence-electron chi connectivity index (χ4n) is 0.639. The minimum absolute atomic E-state index is 0.0528. The lowest BCUT2D eigenvalue weighted by molar-refractivity contribution is -0.199. The predicted octanol–water partition coefficient (Wildman–Crippen LogP) is 3.35. The highest BCUT2D eigenvalue weighted by Crippen LogP contribution is 2.31. The minimum Gasteiger partial charge on any atom is -0.427 e. The maximum Gasteiger partial charge on any atom is 0.444 e. The van der Waals surface area contributed by atoms with Crippen molar-refractivity contribution in [1.82, 2.24) is 4.98 Å². The van der Waals surface area contributed by atoms with E-state index in [1.807, 2.05) is 0 Å². The Morgan fingerprint density at radius 3 is 2.71 bits per heavy atom. The molecule has 78 valence electrons. The van der Waals surface area contributed by atoms with Gasteiger partial charge in [-0.25, -0.2) is 9.37 Å². The number of hydrogen-bond donors (Lipinski definition) is 0. The number of aromatic nitrogens is 1. The van der Waals surface area contributed by atoms with Crippen molar-refractivity contribution in [3.05, 3.63) is 22.9 Å². The van der Waals surface area contributed by atoms with Gasteiger partial charge in [-0.2, -0.15) is 8.78 Å². The van der Waals surface area contributed by atoms with Crippen molar-refractivity contribution >= 4 is 27.5 Å². The minimum atomic E-state index is -4.08. The summed E-state index contributed by atoms with van der Waals surface area (Å²) in [5, 5.41) is 0. The van der Waals surface area contributed by atoms with E-state index in [-0.39, 0.29) is 10.4 Å². The van der Waals surface area contributed by atoms with Crippen LogP contribution in [0.15, 0.2) is 22.9 Å². The Bertz CT molecular complexity index is 324. The Hall–Kier alpha value is -0.490. The number of pyridine rings is 1. The molecule has 0 aliphatic rings. The summed E-state index contributed by atoms with van der Waals surface area (Å²) in [6.45, 7) is 0. The fraction of sp³-hybridized carbons (Fsp3) is 0.286. The first-order valence-corrected chi connectivity index (χ1v) is 4.62. The largest absolute Gasteiger partial charge is 0.444 e. The van der Waals surface area contributed by atoms with E-state index < -0.39 is 11.7 Å². The molecule has 0 saturated heterocycles. The molecule has 7 heteroatoms. The van der Waals surface area contributed by atoms with Crippen LogP contribution in [0.1, 0.15) is 0 Å². The summed E-state index contributed by atoms with van der Waals surface area (Å²) < 4.78 is 41.5. The third-order valence-corrected chi connectivity index (χ3v) is 2.07. The smallest absolute Gasteiger partial charge is 0.427 e. The van der Waals surface area contributed by atoms with E-state index in [1.54, 1.807) is 0 Å². The molecule has 0 fully saturated rings. The monoisotopic (exact) mass is 289 g/mol. The molecular formula is C7H4BrClF3NO. The van der Waals surface area contributed by atoms with Crippen molar-refractivity contribution in [2.75, 3.05) is 0 Å². The molecule has 1 rings (SSSR count). The van der Waals surface area contributed by atoms with Gasteiger partial charge in [0.05, 0.1) is 0 Å². The van der Waals surface area contributed by atoms with Crippen molar-refractivity contribution in [3.8, 4) is 5.75 Å². The van der Waals surface area contributed by atoms with Crippen molar-refractivity contribution < 1.29 is 17.9 Å². The van der Waals surface area contributed by atoms with Crippen LogP contribution in [0, 0.1) is 0 Å². The van der Waals surface area contributed by atoms with Gasteiger partial charge < -0.3 is 4.74 Å². The van der Waals surface area contributed by atoms with Gasteiger partial charge in [0.15, 0.2) is 5.75 Å². The third kappa shape index (κ3) is 2.75. The predicted molar refractivity (Wildman–Crippen MR) is 48.3 cm³/mol. The first-order valence-electron chi connectivity index (χ1n) is 3.39. The highest BCUT2D eigenvalue weighted by molar-refractivity contribution is 9.10. The van der Waals surface area contributed by atoms with Crippen molar-refractivity contribution in [2.45, 2.75) is 11.7 Å². The van der Waals surface area contributed by atoms with E-state index in [9.17, 15) is 13.2 Å². The van der Waals surface area contributed by atoms with E-state index >= 15 is 0 Å². The van der Waals surface area contributed by atoms with Crippen molar-refractivity contribution in [2.24, 2.45) is 0 Å². The summed E-state index contributed by atoms with van der Waals surface area (Å²) in [4.78, 5) is 3.62. The Kier molecular flexibility index (Phi) is 3.60. The standard InChI is InChI=1S/C7H4BrClF3NO/c8-5-4(2-1-3-13-5)14-7(11,12)6(9)10/h1-3,6H. The molecule has 0 amide bonds. The molecule has 14 heavy (non-hydrogen) atoms. The normalized spacial score (nSPS) is 13.8. The van der Waals surface area contributed by atoms with E-state index in [0.29, 0.717) is 0 Å². The first kappa shape index (κ1) is 11.6. The fourth-order valence-corrected chi connectivity index (χ4v) is 1.01. The van der Waals surface area contributed by atoms with Crippen LogP contribution in [0.25, 0.3) is 0 Å². The zero-order valence-electron chi connectivity index (χ0n) is 6.55. The van der Waals surface area contributed by atoms with Gasteiger partial charge in [-0.15, -0.1) is 0 Å². The number of halogens is 5. The van der Waals surface area contributed by atoms with Gasteiger partial charge in [0.1, 0.15) is 4.60 Å². The summed E-state index contributed by atoms with van der Waals surface area (Å²) in [5.41, 5.74) is -2.91. The van der Waals surface area contributed by atoms with E-state index in [2.05, 4.69) is 37.3 Å². The average Bonchev–Trinajstić information content (AvgIpc) is 2.08.